The van der Waals surface area contributed by atoms with Crippen LogP contribution in [-0.2, 0) is 15.0 Å². The largest absolute Gasteiger partial charge is 0.465 e. The molecule has 39 heavy (non-hydrogen) atoms. The molecule has 4 rings (SSSR count). The minimum atomic E-state index is -0.545. The van der Waals surface area contributed by atoms with Gasteiger partial charge in [0.15, 0.2) is 11.5 Å². The molecule has 2 aromatic carbocycles. The topological polar surface area (TPSA) is 78.9 Å². The molecule has 0 bridgehead atoms. The molecule has 2 heterocycles. The van der Waals surface area contributed by atoms with E-state index in [0.29, 0.717) is 40.9 Å². The highest BCUT2D eigenvalue weighted by molar-refractivity contribution is 9.11. The van der Waals surface area contributed by atoms with Gasteiger partial charge in [-0.1, -0.05) is 13.8 Å². The van der Waals surface area contributed by atoms with Crippen LogP contribution in [0.2, 0.25) is 0 Å². The van der Waals surface area contributed by atoms with E-state index in [0.717, 1.165) is 11.1 Å². The first-order valence-corrected chi connectivity index (χ1v) is 14.6. The number of furan rings is 2. The van der Waals surface area contributed by atoms with E-state index in [1.807, 2.05) is 24.3 Å². The molecule has 0 atom stereocenters. The Balaban J connectivity index is 1.53. The summed E-state index contributed by atoms with van der Waals surface area (Å²) in [7, 11) is 0. The molecule has 0 aliphatic heterocycles. The Bertz CT molecular complexity index is 1390. The van der Waals surface area contributed by atoms with Crippen LogP contribution in [0.1, 0.15) is 36.5 Å². The molecule has 0 aliphatic carbocycles. The summed E-state index contributed by atoms with van der Waals surface area (Å²) in [6.45, 7) is 4.12. The number of ether oxygens (including phenoxy) is 2. The first-order valence-electron chi connectivity index (χ1n) is 11.4. The lowest BCUT2D eigenvalue weighted by atomic mass is 9.78. The van der Waals surface area contributed by atoms with Gasteiger partial charge < -0.3 is 18.3 Å². The van der Waals surface area contributed by atoms with Crippen molar-refractivity contribution in [2.45, 2.75) is 19.3 Å². The van der Waals surface area contributed by atoms with Crippen LogP contribution in [0.15, 0.2) is 99.9 Å². The molecule has 0 amide bonds. The zero-order chi connectivity index (χ0) is 28.2. The van der Waals surface area contributed by atoms with Crippen LogP contribution >= 0.6 is 63.7 Å². The van der Waals surface area contributed by atoms with Crippen molar-refractivity contribution in [3.05, 3.63) is 114 Å². The lowest BCUT2D eigenvalue weighted by molar-refractivity contribution is -0.129. The minimum absolute atomic E-state index is 0.357. The number of hydrogen-bond acceptors (Lipinski definition) is 6. The Labute approximate surface area is 258 Å². The predicted molar refractivity (Wildman–Crippen MR) is 163 cm³/mol. The summed E-state index contributed by atoms with van der Waals surface area (Å²) in [6.07, 6.45) is 8.72. The number of carbonyl (C=O) groups is 2. The Morgan fingerprint density at radius 3 is 1.36 bits per heavy atom. The van der Waals surface area contributed by atoms with Crippen LogP contribution in [0.3, 0.4) is 0 Å². The standard InChI is InChI=1S/C29H20Br4O6/c1-29(2,17-13-21(30)27(22(31)14-17)38-25(34)9-7-19-5-3-11-36-19)18-15-23(32)28(24(33)16-18)39-26(35)10-8-20-6-4-12-37-20/h3-16H,1-2H3. The van der Waals surface area contributed by atoms with Crippen molar-refractivity contribution < 1.29 is 27.9 Å². The highest BCUT2D eigenvalue weighted by Crippen LogP contribution is 2.44. The molecule has 0 unspecified atom stereocenters. The smallest absolute Gasteiger partial charge is 0.336 e. The average molecular weight is 784 g/mol. The first kappa shape index (κ1) is 29.3. The fourth-order valence-corrected chi connectivity index (χ4v) is 6.24. The summed E-state index contributed by atoms with van der Waals surface area (Å²) in [4.78, 5) is 24.7. The monoisotopic (exact) mass is 780 g/mol. The number of benzene rings is 2. The molecule has 4 aromatic rings. The van der Waals surface area contributed by atoms with Crippen molar-refractivity contribution in [1.29, 1.82) is 0 Å². The van der Waals surface area contributed by atoms with Crippen LogP contribution in [0.4, 0.5) is 0 Å². The fourth-order valence-electron chi connectivity index (χ4n) is 3.54. The molecule has 0 saturated carbocycles. The molecule has 0 spiro atoms. The van der Waals surface area contributed by atoms with E-state index in [1.54, 1.807) is 24.3 Å². The molecular weight excluding hydrogens is 764 g/mol. The second-order valence-corrected chi connectivity index (χ2v) is 12.1. The van der Waals surface area contributed by atoms with Gasteiger partial charge >= 0.3 is 11.9 Å². The number of carbonyl (C=O) groups excluding carboxylic acids is 2. The lowest BCUT2D eigenvalue weighted by Crippen LogP contribution is -2.20. The summed E-state index contributed by atoms with van der Waals surface area (Å²) in [5.74, 6) is 0.719. The van der Waals surface area contributed by atoms with Crippen LogP contribution in [0.5, 0.6) is 11.5 Å². The van der Waals surface area contributed by atoms with Crippen molar-refractivity contribution in [3.63, 3.8) is 0 Å². The van der Waals surface area contributed by atoms with Gasteiger partial charge in [-0.15, -0.1) is 0 Å². The molecular formula is C29H20Br4O6. The molecule has 0 aliphatic rings. The second-order valence-electron chi connectivity index (χ2n) is 8.70. The van der Waals surface area contributed by atoms with Gasteiger partial charge in [0, 0.05) is 17.6 Å². The Morgan fingerprint density at radius 2 is 1.05 bits per heavy atom. The number of esters is 2. The zero-order valence-electron chi connectivity index (χ0n) is 20.5. The van der Waals surface area contributed by atoms with Gasteiger partial charge in [-0.05, 0) is 136 Å². The molecule has 0 radical (unpaired) electrons. The maximum Gasteiger partial charge on any atom is 0.336 e. The third kappa shape index (κ3) is 7.30. The van der Waals surface area contributed by atoms with E-state index in [4.69, 9.17) is 18.3 Å². The van der Waals surface area contributed by atoms with E-state index in [2.05, 4.69) is 77.6 Å². The maximum absolute atomic E-state index is 12.4. The van der Waals surface area contributed by atoms with Gasteiger partial charge in [0.25, 0.3) is 0 Å². The van der Waals surface area contributed by atoms with Gasteiger partial charge in [-0.25, -0.2) is 9.59 Å². The van der Waals surface area contributed by atoms with Gasteiger partial charge in [0.1, 0.15) is 11.5 Å². The van der Waals surface area contributed by atoms with E-state index in [9.17, 15) is 9.59 Å². The molecule has 0 N–H and O–H groups in total. The third-order valence-electron chi connectivity index (χ3n) is 5.70. The summed E-state index contributed by atoms with van der Waals surface area (Å²) in [5, 5.41) is 0. The van der Waals surface area contributed by atoms with Gasteiger partial charge in [0.05, 0.1) is 30.4 Å². The SMILES string of the molecule is CC(C)(c1cc(Br)c(OC(=O)C=Cc2ccco2)c(Br)c1)c1cc(Br)c(OC(=O)C=Cc2ccco2)c(Br)c1. The quantitative estimate of drug-likeness (QED) is 0.101. The summed E-state index contributed by atoms with van der Waals surface area (Å²) >= 11 is 14.2. The van der Waals surface area contributed by atoms with Gasteiger partial charge in [0.2, 0.25) is 0 Å². The van der Waals surface area contributed by atoms with E-state index < -0.39 is 17.4 Å². The summed E-state index contributed by atoms with van der Waals surface area (Å²) in [5.41, 5.74) is 1.40. The van der Waals surface area contributed by atoms with Crippen molar-refractivity contribution in [2.75, 3.05) is 0 Å². The van der Waals surface area contributed by atoms with Crippen LogP contribution in [-0.4, -0.2) is 11.9 Å². The fraction of sp³-hybridized carbons (Fsp3) is 0.103. The second kappa shape index (κ2) is 12.7. The van der Waals surface area contributed by atoms with E-state index in [1.165, 1.54) is 36.8 Å². The Hall–Kier alpha value is -2.66. The molecule has 0 fully saturated rings. The van der Waals surface area contributed by atoms with Crippen LogP contribution in [0, 0.1) is 0 Å². The molecule has 2 aromatic heterocycles. The number of hydrogen-bond donors (Lipinski definition) is 0. The van der Waals surface area contributed by atoms with Gasteiger partial charge in [-0.2, -0.15) is 0 Å². The summed E-state index contributed by atoms with van der Waals surface area (Å²) in [6, 6.07) is 14.5. The third-order valence-corrected chi connectivity index (χ3v) is 8.06. The highest BCUT2D eigenvalue weighted by atomic mass is 79.9. The van der Waals surface area contributed by atoms with E-state index >= 15 is 0 Å². The molecule has 0 saturated heterocycles. The number of rotatable bonds is 8. The van der Waals surface area contributed by atoms with Crippen LogP contribution in [0.25, 0.3) is 12.2 Å². The minimum Gasteiger partial charge on any atom is -0.465 e. The average Bonchev–Trinajstić information content (AvgIpc) is 3.60. The zero-order valence-corrected chi connectivity index (χ0v) is 26.9. The normalized spacial score (nSPS) is 11.8. The summed E-state index contributed by atoms with van der Waals surface area (Å²) < 4.78 is 23.9. The molecule has 6 nitrogen and oxygen atoms in total. The predicted octanol–water partition coefficient (Wildman–Crippen LogP) is 9.49. The highest BCUT2D eigenvalue weighted by Gasteiger charge is 2.28. The van der Waals surface area contributed by atoms with E-state index in [-0.39, 0.29) is 0 Å². The lowest BCUT2D eigenvalue weighted by Gasteiger charge is -2.28. The van der Waals surface area contributed by atoms with Crippen molar-refractivity contribution in [2.24, 2.45) is 0 Å². The molecule has 200 valence electrons. The van der Waals surface area contributed by atoms with Crippen molar-refractivity contribution in [3.8, 4) is 11.5 Å². The maximum atomic E-state index is 12.4. The number of halogens is 4. The van der Waals surface area contributed by atoms with Gasteiger partial charge in [-0.3, -0.25) is 0 Å². The first-order chi connectivity index (χ1) is 18.5. The van der Waals surface area contributed by atoms with Crippen molar-refractivity contribution >= 4 is 87.8 Å². The molecule has 10 heteroatoms. The Kier molecular flexibility index (Phi) is 9.53. The Morgan fingerprint density at radius 1 is 0.692 bits per heavy atom. The van der Waals surface area contributed by atoms with Crippen LogP contribution < -0.4 is 9.47 Å². The van der Waals surface area contributed by atoms with Crippen molar-refractivity contribution in [1.82, 2.24) is 0 Å².